The molecule has 3 rings (SSSR count). The lowest BCUT2D eigenvalue weighted by atomic mass is 10.0. The summed E-state index contributed by atoms with van der Waals surface area (Å²) in [7, 11) is 0. The molecule has 0 aromatic carbocycles. The van der Waals surface area contributed by atoms with Crippen LogP contribution in [0.2, 0.25) is 0 Å². The van der Waals surface area contributed by atoms with Crippen molar-refractivity contribution < 1.29 is 0 Å². The first-order chi connectivity index (χ1) is 9.76. The number of aromatic nitrogens is 1. The molecular weight excluding hydrogens is 248 g/mol. The van der Waals surface area contributed by atoms with Gasteiger partial charge in [-0.3, -0.25) is 0 Å². The van der Waals surface area contributed by atoms with Crippen molar-refractivity contribution in [2.75, 3.05) is 24.5 Å². The van der Waals surface area contributed by atoms with Gasteiger partial charge < -0.3 is 10.2 Å². The predicted octanol–water partition coefficient (Wildman–Crippen LogP) is 2.23. The van der Waals surface area contributed by atoms with E-state index in [0.717, 1.165) is 43.4 Å². The average molecular weight is 270 g/mol. The number of piperidine rings is 1. The molecule has 1 saturated carbocycles. The predicted molar refractivity (Wildman–Crippen MR) is 79.7 cm³/mol. The van der Waals surface area contributed by atoms with Crippen LogP contribution < -0.4 is 10.2 Å². The Morgan fingerprint density at radius 2 is 2.05 bits per heavy atom. The molecule has 0 radical (unpaired) electrons. The van der Waals surface area contributed by atoms with Crippen molar-refractivity contribution in [1.29, 1.82) is 5.26 Å². The van der Waals surface area contributed by atoms with Crippen LogP contribution in [0.1, 0.15) is 36.9 Å². The molecule has 1 aromatic heterocycles. The number of anilines is 1. The first-order valence-corrected chi connectivity index (χ1v) is 7.62. The molecule has 1 aliphatic carbocycles. The molecule has 20 heavy (non-hydrogen) atoms. The smallest absolute Gasteiger partial charge is 0.146 e. The van der Waals surface area contributed by atoms with E-state index in [2.05, 4.69) is 21.3 Å². The summed E-state index contributed by atoms with van der Waals surface area (Å²) < 4.78 is 0. The molecule has 0 unspecified atom stereocenters. The van der Waals surface area contributed by atoms with E-state index in [0.29, 0.717) is 11.6 Å². The van der Waals surface area contributed by atoms with Crippen LogP contribution in [0.5, 0.6) is 0 Å². The maximum absolute atomic E-state index is 9.22. The van der Waals surface area contributed by atoms with Gasteiger partial charge in [0.1, 0.15) is 11.9 Å². The molecule has 2 fully saturated rings. The van der Waals surface area contributed by atoms with Gasteiger partial charge in [0.05, 0.1) is 5.56 Å². The molecule has 0 amide bonds. The SMILES string of the molecule is Cc1ccc(C#N)c(N2CCC(NCC3CC3)CC2)n1. The molecule has 1 aromatic rings. The molecule has 2 heterocycles. The molecule has 0 bridgehead atoms. The molecule has 1 aliphatic heterocycles. The number of rotatable bonds is 4. The number of pyridine rings is 1. The van der Waals surface area contributed by atoms with E-state index in [1.165, 1.54) is 19.4 Å². The lowest BCUT2D eigenvalue weighted by molar-refractivity contribution is 0.407. The van der Waals surface area contributed by atoms with Crippen LogP contribution in [0.3, 0.4) is 0 Å². The summed E-state index contributed by atoms with van der Waals surface area (Å²) in [5.41, 5.74) is 1.67. The van der Waals surface area contributed by atoms with Crippen LogP contribution in [-0.4, -0.2) is 30.7 Å². The van der Waals surface area contributed by atoms with E-state index >= 15 is 0 Å². The van der Waals surface area contributed by atoms with E-state index in [1.807, 2.05) is 19.1 Å². The fourth-order valence-electron chi connectivity index (χ4n) is 2.82. The zero-order chi connectivity index (χ0) is 13.9. The maximum atomic E-state index is 9.22. The molecule has 4 nitrogen and oxygen atoms in total. The van der Waals surface area contributed by atoms with Crippen LogP contribution in [-0.2, 0) is 0 Å². The van der Waals surface area contributed by atoms with Gasteiger partial charge >= 0.3 is 0 Å². The zero-order valence-electron chi connectivity index (χ0n) is 12.1. The molecule has 0 atom stereocenters. The Morgan fingerprint density at radius 3 is 2.70 bits per heavy atom. The minimum Gasteiger partial charge on any atom is -0.355 e. The van der Waals surface area contributed by atoms with Crippen molar-refractivity contribution in [2.24, 2.45) is 5.92 Å². The number of nitrogens with one attached hydrogen (secondary N) is 1. The van der Waals surface area contributed by atoms with Gasteiger partial charge in [-0.25, -0.2) is 4.98 Å². The topological polar surface area (TPSA) is 52.0 Å². The van der Waals surface area contributed by atoms with Crippen molar-refractivity contribution >= 4 is 5.82 Å². The molecule has 1 N–H and O–H groups in total. The number of nitrogens with zero attached hydrogens (tertiary/aromatic N) is 3. The van der Waals surface area contributed by atoms with Gasteiger partial charge in [0.15, 0.2) is 0 Å². The standard InChI is InChI=1S/C16H22N4/c1-12-2-5-14(10-17)16(19-12)20-8-6-15(7-9-20)18-11-13-3-4-13/h2,5,13,15,18H,3-4,6-9,11H2,1H3. The van der Waals surface area contributed by atoms with Crippen LogP contribution in [0.4, 0.5) is 5.82 Å². The Hall–Kier alpha value is -1.60. The highest BCUT2D eigenvalue weighted by atomic mass is 15.2. The fraction of sp³-hybridized carbons (Fsp3) is 0.625. The van der Waals surface area contributed by atoms with Crippen LogP contribution in [0.25, 0.3) is 0 Å². The van der Waals surface area contributed by atoms with E-state index < -0.39 is 0 Å². The second-order valence-electron chi connectivity index (χ2n) is 6.05. The van der Waals surface area contributed by atoms with E-state index in [1.54, 1.807) is 0 Å². The highest BCUT2D eigenvalue weighted by Gasteiger charge is 2.25. The molecule has 4 heteroatoms. The Labute approximate surface area is 120 Å². The normalized spacial score (nSPS) is 19.9. The monoisotopic (exact) mass is 270 g/mol. The number of nitriles is 1. The number of hydrogen-bond donors (Lipinski definition) is 1. The summed E-state index contributed by atoms with van der Waals surface area (Å²) in [6, 6.07) is 6.69. The zero-order valence-corrected chi connectivity index (χ0v) is 12.1. The lowest BCUT2D eigenvalue weighted by Crippen LogP contribution is -2.43. The van der Waals surface area contributed by atoms with Gasteiger partial charge in [-0.05, 0) is 57.2 Å². The Kier molecular flexibility index (Phi) is 3.88. The molecular formula is C16H22N4. The highest BCUT2D eigenvalue weighted by Crippen LogP contribution is 2.28. The Balaban J connectivity index is 1.59. The summed E-state index contributed by atoms with van der Waals surface area (Å²) in [5, 5.41) is 12.9. The summed E-state index contributed by atoms with van der Waals surface area (Å²) >= 11 is 0. The first-order valence-electron chi connectivity index (χ1n) is 7.62. The quantitative estimate of drug-likeness (QED) is 0.911. The van der Waals surface area contributed by atoms with Gasteiger partial charge in [-0.2, -0.15) is 5.26 Å². The Bertz CT molecular complexity index is 508. The third-order valence-electron chi connectivity index (χ3n) is 4.32. The average Bonchev–Trinajstić information content (AvgIpc) is 3.30. The van der Waals surface area contributed by atoms with Crippen LogP contribution in [0.15, 0.2) is 12.1 Å². The largest absolute Gasteiger partial charge is 0.355 e. The van der Waals surface area contributed by atoms with Crippen LogP contribution in [0, 0.1) is 24.2 Å². The van der Waals surface area contributed by atoms with Crippen molar-refractivity contribution in [1.82, 2.24) is 10.3 Å². The van der Waals surface area contributed by atoms with Gasteiger partial charge in [0.25, 0.3) is 0 Å². The summed E-state index contributed by atoms with van der Waals surface area (Å²) in [4.78, 5) is 6.82. The summed E-state index contributed by atoms with van der Waals surface area (Å²) in [5.74, 6) is 1.81. The lowest BCUT2D eigenvalue weighted by Gasteiger charge is -2.33. The second kappa shape index (κ2) is 5.80. The van der Waals surface area contributed by atoms with Gasteiger partial charge in [-0.1, -0.05) is 0 Å². The third kappa shape index (κ3) is 3.10. The summed E-state index contributed by atoms with van der Waals surface area (Å²) in [6.07, 6.45) is 5.11. The first kappa shape index (κ1) is 13.4. The van der Waals surface area contributed by atoms with E-state index in [4.69, 9.17) is 0 Å². The molecule has 2 aliphatic rings. The number of aryl methyl sites for hydroxylation is 1. The van der Waals surface area contributed by atoms with Crippen molar-refractivity contribution in [2.45, 2.75) is 38.6 Å². The van der Waals surface area contributed by atoms with Gasteiger partial charge in [0, 0.05) is 24.8 Å². The van der Waals surface area contributed by atoms with Gasteiger partial charge in [0.2, 0.25) is 0 Å². The van der Waals surface area contributed by atoms with E-state index in [-0.39, 0.29) is 0 Å². The summed E-state index contributed by atoms with van der Waals surface area (Å²) in [6.45, 7) is 5.16. The Morgan fingerprint density at radius 1 is 1.30 bits per heavy atom. The minimum absolute atomic E-state index is 0.641. The molecule has 106 valence electrons. The van der Waals surface area contributed by atoms with Crippen molar-refractivity contribution in [3.8, 4) is 6.07 Å². The fourth-order valence-corrected chi connectivity index (χ4v) is 2.82. The second-order valence-corrected chi connectivity index (χ2v) is 6.05. The van der Waals surface area contributed by atoms with Crippen LogP contribution >= 0.6 is 0 Å². The minimum atomic E-state index is 0.641. The van der Waals surface area contributed by atoms with E-state index in [9.17, 15) is 5.26 Å². The van der Waals surface area contributed by atoms with Crippen molar-refractivity contribution in [3.63, 3.8) is 0 Å². The maximum Gasteiger partial charge on any atom is 0.146 e. The van der Waals surface area contributed by atoms with Crippen molar-refractivity contribution in [3.05, 3.63) is 23.4 Å². The highest BCUT2D eigenvalue weighted by molar-refractivity contribution is 5.54. The van der Waals surface area contributed by atoms with Gasteiger partial charge in [-0.15, -0.1) is 0 Å². The molecule has 1 saturated heterocycles. The third-order valence-corrected chi connectivity index (χ3v) is 4.32. The molecule has 0 spiro atoms. The number of hydrogen-bond acceptors (Lipinski definition) is 4.